The maximum atomic E-state index is 12.3. The summed E-state index contributed by atoms with van der Waals surface area (Å²) in [6, 6.07) is 16.1. The standard InChI is InChI=1S/C16H13ClN2O/c1-19(11-13-5-3-7-15(17)9-13)16(20)14-6-2-4-12(8-14)10-18/h2-9H,11H2,1H3. The van der Waals surface area contributed by atoms with Crippen molar-refractivity contribution in [1.82, 2.24) is 4.90 Å². The highest BCUT2D eigenvalue weighted by Crippen LogP contribution is 2.14. The predicted molar refractivity (Wildman–Crippen MR) is 78.4 cm³/mol. The Kier molecular flexibility index (Phi) is 4.39. The van der Waals surface area contributed by atoms with Gasteiger partial charge in [0, 0.05) is 24.2 Å². The van der Waals surface area contributed by atoms with Crippen molar-refractivity contribution >= 4 is 17.5 Å². The van der Waals surface area contributed by atoms with Crippen molar-refractivity contribution < 1.29 is 4.79 Å². The summed E-state index contributed by atoms with van der Waals surface area (Å²) in [5, 5.41) is 9.51. The zero-order chi connectivity index (χ0) is 14.5. The lowest BCUT2D eigenvalue weighted by molar-refractivity contribution is 0.0785. The van der Waals surface area contributed by atoms with Crippen LogP contribution in [0.3, 0.4) is 0 Å². The number of carbonyl (C=O) groups excluding carboxylic acids is 1. The minimum atomic E-state index is -0.123. The van der Waals surface area contributed by atoms with Crippen LogP contribution in [0.1, 0.15) is 21.5 Å². The van der Waals surface area contributed by atoms with Crippen LogP contribution in [-0.2, 0) is 6.54 Å². The van der Waals surface area contributed by atoms with Crippen LogP contribution in [0.25, 0.3) is 0 Å². The van der Waals surface area contributed by atoms with E-state index in [4.69, 9.17) is 16.9 Å². The first kappa shape index (κ1) is 14.1. The molecule has 100 valence electrons. The average Bonchev–Trinajstić information content (AvgIpc) is 2.46. The summed E-state index contributed by atoms with van der Waals surface area (Å²) in [7, 11) is 1.72. The molecule has 0 bridgehead atoms. The number of nitrogens with zero attached hydrogens (tertiary/aromatic N) is 2. The Bertz CT molecular complexity index is 676. The number of hydrogen-bond acceptors (Lipinski definition) is 2. The SMILES string of the molecule is CN(Cc1cccc(Cl)c1)C(=O)c1cccc(C#N)c1. The number of halogens is 1. The molecule has 0 heterocycles. The fourth-order valence-corrected chi connectivity index (χ4v) is 2.14. The Morgan fingerprint density at radius 2 is 2.00 bits per heavy atom. The molecule has 0 fully saturated rings. The molecule has 0 atom stereocenters. The summed E-state index contributed by atoms with van der Waals surface area (Å²) in [6.45, 7) is 0.468. The zero-order valence-electron chi connectivity index (χ0n) is 11.0. The molecule has 1 amide bonds. The fraction of sp³-hybridized carbons (Fsp3) is 0.125. The second kappa shape index (κ2) is 6.23. The van der Waals surface area contributed by atoms with Gasteiger partial charge in [-0.25, -0.2) is 0 Å². The lowest BCUT2D eigenvalue weighted by Crippen LogP contribution is -2.26. The van der Waals surface area contributed by atoms with E-state index in [1.807, 2.05) is 24.3 Å². The van der Waals surface area contributed by atoms with E-state index in [1.165, 1.54) is 0 Å². The third-order valence-electron chi connectivity index (χ3n) is 2.89. The van der Waals surface area contributed by atoms with Crippen LogP contribution in [-0.4, -0.2) is 17.9 Å². The van der Waals surface area contributed by atoms with Crippen molar-refractivity contribution in [3.8, 4) is 6.07 Å². The van der Waals surface area contributed by atoms with Gasteiger partial charge in [-0.15, -0.1) is 0 Å². The van der Waals surface area contributed by atoms with Gasteiger partial charge in [-0.2, -0.15) is 5.26 Å². The van der Waals surface area contributed by atoms with Crippen LogP contribution in [0.15, 0.2) is 48.5 Å². The van der Waals surface area contributed by atoms with Gasteiger partial charge in [0.25, 0.3) is 5.91 Å². The zero-order valence-corrected chi connectivity index (χ0v) is 11.8. The van der Waals surface area contributed by atoms with Crippen LogP contribution >= 0.6 is 11.6 Å². The van der Waals surface area contributed by atoms with Crippen molar-refractivity contribution in [3.63, 3.8) is 0 Å². The first-order chi connectivity index (χ1) is 9.60. The van der Waals surface area contributed by atoms with E-state index in [9.17, 15) is 4.79 Å². The van der Waals surface area contributed by atoms with Gasteiger partial charge in [0.05, 0.1) is 11.6 Å². The summed E-state index contributed by atoms with van der Waals surface area (Å²) in [6.07, 6.45) is 0. The molecule has 0 N–H and O–H groups in total. The van der Waals surface area contributed by atoms with Gasteiger partial charge in [-0.3, -0.25) is 4.79 Å². The Morgan fingerprint density at radius 1 is 1.25 bits per heavy atom. The largest absolute Gasteiger partial charge is 0.337 e. The van der Waals surface area contributed by atoms with E-state index < -0.39 is 0 Å². The molecule has 0 spiro atoms. The van der Waals surface area contributed by atoms with Gasteiger partial charge in [0.2, 0.25) is 0 Å². The Hall–Kier alpha value is -2.31. The first-order valence-electron chi connectivity index (χ1n) is 6.10. The van der Waals surface area contributed by atoms with Gasteiger partial charge in [-0.05, 0) is 35.9 Å². The number of amides is 1. The molecule has 20 heavy (non-hydrogen) atoms. The van der Waals surface area contributed by atoms with Gasteiger partial charge >= 0.3 is 0 Å². The van der Waals surface area contributed by atoms with Crippen molar-refractivity contribution in [2.45, 2.75) is 6.54 Å². The van der Waals surface area contributed by atoms with Gasteiger partial charge < -0.3 is 4.90 Å². The van der Waals surface area contributed by atoms with Crippen molar-refractivity contribution in [1.29, 1.82) is 5.26 Å². The Balaban J connectivity index is 2.14. The number of rotatable bonds is 3. The number of hydrogen-bond donors (Lipinski definition) is 0. The smallest absolute Gasteiger partial charge is 0.253 e. The molecule has 0 aliphatic heterocycles. The molecule has 0 aliphatic rings. The van der Waals surface area contributed by atoms with E-state index in [0.717, 1.165) is 5.56 Å². The summed E-state index contributed by atoms with van der Waals surface area (Å²) >= 11 is 5.92. The van der Waals surface area contributed by atoms with Crippen LogP contribution in [0.4, 0.5) is 0 Å². The third-order valence-corrected chi connectivity index (χ3v) is 3.13. The minimum Gasteiger partial charge on any atom is -0.337 e. The molecule has 2 rings (SSSR count). The Morgan fingerprint density at radius 3 is 2.70 bits per heavy atom. The van der Waals surface area contributed by atoms with Gasteiger partial charge in [0.1, 0.15) is 0 Å². The van der Waals surface area contributed by atoms with Gasteiger partial charge in [-0.1, -0.05) is 29.8 Å². The highest BCUT2D eigenvalue weighted by Gasteiger charge is 2.12. The molecule has 2 aromatic rings. The minimum absolute atomic E-state index is 0.123. The number of nitriles is 1. The quantitative estimate of drug-likeness (QED) is 0.866. The normalized spacial score (nSPS) is 9.85. The predicted octanol–water partition coefficient (Wildman–Crippen LogP) is 3.48. The summed E-state index contributed by atoms with van der Waals surface area (Å²) in [4.78, 5) is 13.9. The van der Waals surface area contributed by atoms with E-state index in [-0.39, 0.29) is 5.91 Å². The lowest BCUT2D eigenvalue weighted by Gasteiger charge is -2.17. The molecule has 0 unspecified atom stereocenters. The van der Waals surface area contributed by atoms with Crippen LogP contribution < -0.4 is 0 Å². The van der Waals surface area contributed by atoms with Crippen LogP contribution in [0, 0.1) is 11.3 Å². The highest BCUT2D eigenvalue weighted by atomic mass is 35.5. The molecule has 2 aromatic carbocycles. The Labute approximate surface area is 123 Å². The maximum absolute atomic E-state index is 12.3. The van der Waals surface area contributed by atoms with Crippen molar-refractivity contribution in [2.75, 3.05) is 7.05 Å². The second-order valence-electron chi connectivity index (χ2n) is 4.48. The monoisotopic (exact) mass is 284 g/mol. The molecular formula is C16H13ClN2O. The second-order valence-corrected chi connectivity index (χ2v) is 4.92. The molecule has 0 radical (unpaired) electrons. The van der Waals surface area contributed by atoms with Crippen LogP contribution in [0.5, 0.6) is 0 Å². The van der Waals surface area contributed by atoms with Gasteiger partial charge in [0.15, 0.2) is 0 Å². The highest BCUT2D eigenvalue weighted by molar-refractivity contribution is 6.30. The van der Waals surface area contributed by atoms with E-state index in [2.05, 4.69) is 0 Å². The third kappa shape index (κ3) is 3.37. The lowest BCUT2D eigenvalue weighted by atomic mass is 10.1. The molecule has 0 aromatic heterocycles. The van der Waals surface area contributed by atoms with Crippen LogP contribution in [0.2, 0.25) is 5.02 Å². The average molecular weight is 285 g/mol. The molecule has 4 heteroatoms. The van der Waals surface area contributed by atoms with Crippen molar-refractivity contribution in [3.05, 3.63) is 70.2 Å². The number of benzene rings is 2. The molecule has 0 saturated heterocycles. The number of carbonyl (C=O) groups is 1. The maximum Gasteiger partial charge on any atom is 0.253 e. The molecule has 0 aliphatic carbocycles. The summed E-state index contributed by atoms with van der Waals surface area (Å²) < 4.78 is 0. The van der Waals surface area contributed by atoms with E-state index in [1.54, 1.807) is 42.3 Å². The summed E-state index contributed by atoms with van der Waals surface area (Å²) in [5.41, 5.74) is 1.95. The molecule has 3 nitrogen and oxygen atoms in total. The van der Waals surface area contributed by atoms with Crippen molar-refractivity contribution in [2.24, 2.45) is 0 Å². The van der Waals surface area contributed by atoms with E-state index in [0.29, 0.717) is 22.7 Å². The fourth-order valence-electron chi connectivity index (χ4n) is 1.92. The first-order valence-corrected chi connectivity index (χ1v) is 6.48. The molecule has 0 saturated carbocycles. The molecular weight excluding hydrogens is 272 g/mol. The summed E-state index contributed by atoms with van der Waals surface area (Å²) in [5.74, 6) is -0.123. The van der Waals surface area contributed by atoms with E-state index >= 15 is 0 Å². The topological polar surface area (TPSA) is 44.1 Å².